The summed E-state index contributed by atoms with van der Waals surface area (Å²) in [6.45, 7) is 0. The molecule has 0 aliphatic heterocycles. The molecule has 0 unspecified atom stereocenters. The van der Waals surface area contributed by atoms with Gasteiger partial charge in [-0.2, -0.15) is 34.8 Å². The molecule has 12 heteroatoms. The molecule has 0 N–H and O–H groups in total. The average Bonchev–Trinajstić information content (AvgIpc) is 2.27. The van der Waals surface area contributed by atoms with Crippen LogP contribution in [-0.2, 0) is 14.3 Å². The van der Waals surface area contributed by atoms with Gasteiger partial charge in [0.1, 0.15) is 0 Å². The second-order valence-corrected chi connectivity index (χ2v) is 5.97. The molecule has 1 aromatic carbocycles. The minimum absolute atomic E-state index is 0.167. The van der Waals surface area contributed by atoms with E-state index in [0.717, 1.165) is 6.07 Å². The largest absolute Gasteiger partial charge is 0.523 e. The number of halogens is 8. The van der Waals surface area contributed by atoms with E-state index in [0.29, 0.717) is 12.1 Å². The minimum Gasteiger partial charge on any atom is -0.245 e. The summed E-state index contributed by atoms with van der Waals surface area (Å²) in [4.78, 5) is 0. The predicted molar refractivity (Wildman–Crippen MR) is 61.3 cm³/mol. The standard InChI is InChI=1S/C9H4Cl2F6O3S/c10-5-2-1-4(3-6(5)11)7(8(12,13)14)20-21(18,19)9(15,16)17/h1-3,7H/t7-/m1/s1. The van der Waals surface area contributed by atoms with Gasteiger partial charge in [-0.25, -0.2) is 4.18 Å². The molecule has 1 aromatic rings. The molecule has 0 fully saturated rings. The highest BCUT2D eigenvalue weighted by Crippen LogP contribution is 2.41. The lowest BCUT2D eigenvalue weighted by Crippen LogP contribution is -2.32. The first-order valence-corrected chi connectivity index (χ1v) is 6.93. The van der Waals surface area contributed by atoms with Crippen LogP contribution in [0.3, 0.4) is 0 Å². The van der Waals surface area contributed by atoms with Gasteiger partial charge < -0.3 is 0 Å². The topological polar surface area (TPSA) is 43.4 Å². The Morgan fingerprint density at radius 2 is 1.52 bits per heavy atom. The molecule has 0 amide bonds. The Labute approximate surface area is 124 Å². The van der Waals surface area contributed by atoms with Crippen LogP contribution in [0.15, 0.2) is 18.2 Å². The summed E-state index contributed by atoms with van der Waals surface area (Å²) in [7, 11) is -6.45. The molecule has 120 valence electrons. The molecule has 3 nitrogen and oxygen atoms in total. The zero-order valence-electron chi connectivity index (χ0n) is 9.47. The van der Waals surface area contributed by atoms with Gasteiger partial charge in [0, 0.05) is 0 Å². The molecule has 0 aliphatic rings. The smallest absolute Gasteiger partial charge is 0.245 e. The summed E-state index contributed by atoms with van der Waals surface area (Å²) in [5.74, 6) is 0. The normalized spacial score (nSPS) is 15.0. The van der Waals surface area contributed by atoms with Crippen molar-refractivity contribution < 1.29 is 38.9 Å². The van der Waals surface area contributed by atoms with Crippen molar-refractivity contribution in [1.29, 1.82) is 0 Å². The quantitative estimate of drug-likeness (QED) is 0.444. The number of alkyl halides is 6. The van der Waals surface area contributed by atoms with E-state index in [-0.39, 0.29) is 5.02 Å². The Morgan fingerprint density at radius 3 is 1.90 bits per heavy atom. The van der Waals surface area contributed by atoms with Crippen molar-refractivity contribution in [2.24, 2.45) is 0 Å². The molecule has 0 saturated carbocycles. The van der Waals surface area contributed by atoms with Gasteiger partial charge in [0.25, 0.3) is 0 Å². The van der Waals surface area contributed by atoms with E-state index in [1.807, 2.05) is 0 Å². The van der Waals surface area contributed by atoms with Crippen LogP contribution >= 0.6 is 23.2 Å². The fraction of sp³-hybridized carbons (Fsp3) is 0.333. The van der Waals surface area contributed by atoms with Crippen LogP contribution in [0.5, 0.6) is 0 Å². The van der Waals surface area contributed by atoms with Gasteiger partial charge in [0.05, 0.1) is 10.0 Å². The van der Waals surface area contributed by atoms with Gasteiger partial charge >= 0.3 is 21.8 Å². The van der Waals surface area contributed by atoms with Gasteiger partial charge in [0.15, 0.2) is 6.10 Å². The lowest BCUT2D eigenvalue weighted by atomic mass is 10.1. The first-order chi connectivity index (χ1) is 9.25. The Morgan fingerprint density at radius 1 is 1.00 bits per heavy atom. The second kappa shape index (κ2) is 5.82. The summed E-state index contributed by atoms with van der Waals surface area (Å²) in [6.07, 6.45) is -8.78. The van der Waals surface area contributed by atoms with Crippen LogP contribution < -0.4 is 0 Å². The molecule has 21 heavy (non-hydrogen) atoms. The highest BCUT2D eigenvalue weighted by atomic mass is 35.5. The van der Waals surface area contributed by atoms with Crippen LogP contribution in [0.4, 0.5) is 26.3 Å². The first-order valence-electron chi connectivity index (χ1n) is 4.77. The van der Waals surface area contributed by atoms with Crippen LogP contribution in [0.1, 0.15) is 11.7 Å². The maximum absolute atomic E-state index is 12.7. The summed E-state index contributed by atoms with van der Waals surface area (Å²) < 4.78 is 99.2. The van der Waals surface area contributed by atoms with Crippen LogP contribution in [0, 0.1) is 0 Å². The molecule has 0 aliphatic carbocycles. The number of rotatable bonds is 3. The third-order valence-corrected chi connectivity index (χ3v) is 3.80. The lowest BCUT2D eigenvalue weighted by Gasteiger charge is -2.21. The van der Waals surface area contributed by atoms with Gasteiger partial charge in [-0.3, -0.25) is 0 Å². The number of hydrogen-bond acceptors (Lipinski definition) is 3. The van der Waals surface area contributed by atoms with E-state index in [2.05, 4.69) is 4.18 Å². The third-order valence-electron chi connectivity index (χ3n) is 2.05. The van der Waals surface area contributed by atoms with Crippen molar-refractivity contribution in [3.63, 3.8) is 0 Å². The van der Waals surface area contributed by atoms with Crippen molar-refractivity contribution in [2.45, 2.75) is 17.8 Å². The van der Waals surface area contributed by atoms with Gasteiger partial charge in [-0.15, -0.1) is 0 Å². The minimum atomic E-state index is -6.45. The van der Waals surface area contributed by atoms with Crippen molar-refractivity contribution in [1.82, 2.24) is 0 Å². The molecule has 0 saturated heterocycles. The molecule has 0 spiro atoms. The van der Waals surface area contributed by atoms with E-state index >= 15 is 0 Å². The fourth-order valence-corrected chi connectivity index (χ4v) is 2.05. The van der Waals surface area contributed by atoms with Crippen LogP contribution in [0.25, 0.3) is 0 Å². The molecule has 0 heterocycles. The maximum Gasteiger partial charge on any atom is 0.523 e. The Bertz CT molecular complexity index is 625. The van der Waals surface area contributed by atoms with Crippen LogP contribution in [-0.4, -0.2) is 20.1 Å². The van der Waals surface area contributed by atoms with Crippen molar-refractivity contribution in [3.8, 4) is 0 Å². The molecular formula is C9H4Cl2F6O3S. The van der Waals surface area contributed by atoms with E-state index in [1.54, 1.807) is 0 Å². The molecular weight excluding hydrogens is 373 g/mol. The predicted octanol–water partition coefficient (Wildman–Crippen LogP) is 4.46. The van der Waals surface area contributed by atoms with E-state index in [1.165, 1.54) is 0 Å². The van der Waals surface area contributed by atoms with Crippen LogP contribution in [0.2, 0.25) is 10.0 Å². The van der Waals surface area contributed by atoms with Gasteiger partial charge in [-0.1, -0.05) is 29.3 Å². The molecule has 1 rings (SSSR count). The monoisotopic (exact) mass is 376 g/mol. The molecule has 1 atom stereocenters. The molecule has 0 aromatic heterocycles. The SMILES string of the molecule is O=S(=O)(O[C@H](c1ccc(Cl)c(Cl)c1)C(F)(F)F)C(F)(F)F. The molecule has 0 radical (unpaired) electrons. The lowest BCUT2D eigenvalue weighted by molar-refractivity contribution is -0.200. The second-order valence-electron chi connectivity index (χ2n) is 3.59. The van der Waals surface area contributed by atoms with E-state index in [4.69, 9.17) is 23.2 Å². The maximum atomic E-state index is 12.7. The summed E-state index contributed by atoms with van der Waals surface area (Å²) >= 11 is 10.9. The Hall–Kier alpha value is -0.710. The number of benzene rings is 1. The zero-order chi connectivity index (χ0) is 16.6. The van der Waals surface area contributed by atoms with Crippen molar-refractivity contribution >= 4 is 33.3 Å². The van der Waals surface area contributed by atoms with Gasteiger partial charge in [0.2, 0.25) is 0 Å². The highest BCUT2D eigenvalue weighted by Gasteiger charge is 2.54. The fourth-order valence-electron chi connectivity index (χ4n) is 1.16. The number of hydrogen-bond donors (Lipinski definition) is 0. The highest BCUT2D eigenvalue weighted by molar-refractivity contribution is 7.87. The summed E-state index contributed by atoms with van der Waals surface area (Å²) in [6, 6.07) is 2.08. The van der Waals surface area contributed by atoms with Crippen molar-refractivity contribution in [2.75, 3.05) is 0 Å². The zero-order valence-corrected chi connectivity index (χ0v) is 11.8. The molecule has 0 bridgehead atoms. The van der Waals surface area contributed by atoms with E-state index < -0.39 is 38.5 Å². The Kier molecular flexibility index (Phi) is 5.09. The summed E-state index contributed by atoms with van der Waals surface area (Å²) in [5.41, 5.74) is -6.93. The van der Waals surface area contributed by atoms with E-state index in [9.17, 15) is 34.8 Å². The van der Waals surface area contributed by atoms with Gasteiger partial charge in [-0.05, 0) is 17.7 Å². The summed E-state index contributed by atoms with van der Waals surface area (Å²) in [5, 5.41) is -0.573. The first kappa shape index (κ1) is 18.3. The average molecular weight is 377 g/mol. The third kappa shape index (κ3) is 4.38. The van der Waals surface area contributed by atoms with Crippen molar-refractivity contribution in [3.05, 3.63) is 33.8 Å². The Balaban J connectivity index is 3.29.